The molecule has 0 radical (unpaired) electrons. The quantitative estimate of drug-likeness (QED) is 0.0211. The number of quaternary nitrogens is 1. The van der Waals surface area contributed by atoms with E-state index in [1.165, 1.54) is 231 Å². The number of rotatable bonds is 63. The summed E-state index contributed by atoms with van der Waals surface area (Å²) in [4.78, 5) is 37.3. The summed E-state index contributed by atoms with van der Waals surface area (Å²) in [6.07, 6.45) is 80.9. The van der Waals surface area contributed by atoms with E-state index in [4.69, 9.17) is 18.9 Å². The molecule has 0 bridgehead atoms. The Labute approximate surface area is 500 Å². The number of esters is 2. The minimum atomic E-state index is -1.54. The normalized spacial score (nSPS) is 13.1. The number of nitrogens with zero attached hydrogens (tertiary/aromatic N) is 1. The second-order valence-electron chi connectivity index (χ2n) is 24.1. The molecular formula is C72H130NO8+. The molecule has 470 valence electrons. The Morgan fingerprint density at radius 1 is 0.395 bits per heavy atom. The van der Waals surface area contributed by atoms with Crippen LogP contribution in [0.2, 0.25) is 0 Å². The van der Waals surface area contributed by atoms with Crippen LogP contribution in [0.25, 0.3) is 0 Å². The first kappa shape index (κ1) is 77.7. The van der Waals surface area contributed by atoms with Gasteiger partial charge in [0, 0.05) is 6.42 Å². The predicted molar refractivity (Wildman–Crippen MR) is 346 cm³/mol. The minimum Gasteiger partial charge on any atom is -0.477 e. The third-order valence-corrected chi connectivity index (χ3v) is 15.0. The molecule has 0 fully saturated rings. The zero-order chi connectivity index (χ0) is 59.1. The number of carbonyl (C=O) groups is 3. The van der Waals surface area contributed by atoms with Crippen LogP contribution in [-0.4, -0.2) is 87.4 Å². The van der Waals surface area contributed by atoms with E-state index < -0.39 is 24.3 Å². The lowest BCUT2D eigenvalue weighted by Gasteiger charge is -2.25. The summed E-state index contributed by atoms with van der Waals surface area (Å²) in [6.45, 7) is 4.67. The van der Waals surface area contributed by atoms with E-state index in [1.54, 1.807) is 6.08 Å². The monoisotopic (exact) mass is 1140 g/mol. The first-order valence-corrected chi connectivity index (χ1v) is 34.1. The summed E-state index contributed by atoms with van der Waals surface area (Å²) >= 11 is 0. The van der Waals surface area contributed by atoms with Gasteiger partial charge in [-0.15, -0.1) is 0 Å². The third-order valence-electron chi connectivity index (χ3n) is 15.0. The van der Waals surface area contributed by atoms with Crippen LogP contribution >= 0.6 is 0 Å². The second-order valence-corrected chi connectivity index (χ2v) is 24.1. The van der Waals surface area contributed by atoms with E-state index in [0.717, 1.165) is 44.9 Å². The summed E-state index contributed by atoms with van der Waals surface area (Å²) in [5, 5.41) is 9.69. The average molecular weight is 1140 g/mol. The highest BCUT2D eigenvalue weighted by Crippen LogP contribution is 2.18. The highest BCUT2D eigenvalue weighted by atomic mass is 16.7. The largest absolute Gasteiger partial charge is 0.477 e. The smallest absolute Gasteiger partial charge is 0.361 e. The number of ether oxygens (including phenoxy) is 4. The van der Waals surface area contributed by atoms with Crippen molar-refractivity contribution >= 4 is 17.9 Å². The molecule has 1 N–H and O–H groups in total. The molecular weight excluding hydrogens is 1010 g/mol. The summed E-state index contributed by atoms with van der Waals surface area (Å²) < 4.78 is 22.7. The van der Waals surface area contributed by atoms with Gasteiger partial charge in [0.25, 0.3) is 6.29 Å². The number of aliphatic carboxylic acids is 1. The number of carboxylic acid groups (broad SMARTS) is 1. The van der Waals surface area contributed by atoms with Crippen molar-refractivity contribution in [2.45, 2.75) is 322 Å². The summed E-state index contributed by atoms with van der Waals surface area (Å²) in [7, 11) is 5.94. The molecule has 0 heterocycles. The lowest BCUT2D eigenvalue weighted by atomic mass is 10.0. The van der Waals surface area contributed by atoms with Crippen molar-refractivity contribution in [3.63, 3.8) is 0 Å². The van der Waals surface area contributed by atoms with Gasteiger partial charge in [0.05, 0.1) is 40.8 Å². The first-order valence-electron chi connectivity index (χ1n) is 34.1. The van der Waals surface area contributed by atoms with Gasteiger partial charge in [0.1, 0.15) is 13.2 Å². The van der Waals surface area contributed by atoms with E-state index in [-0.39, 0.29) is 38.6 Å². The van der Waals surface area contributed by atoms with E-state index in [2.05, 4.69) is 68.5 Å². The number of hydrogen-bond donors (Lipinski definition) is 1. The Hall–Kier alpha value is -3.27. The molecule has 0 aliphatic carbocycles. The van der Waals surface area contributed by atoms with Crippen molar-refractivity contribution in [1.29, 1.82) is 0 Å². The lowest BCUT2D eigenvalue weighted by molar-refractivity contribution is -0.870. The predicted octanol–water partition coefficient (Wildman–Crippen LogP) is 20.9. The molecule has 9 heteroatoms. The molecule has 2 atom stereocenters. The lowest BCUT2D eigenvalue weighted by Crippen LogP contribution is -2.40. The topological polar surface area (TPSA) is 108 Å². The number of allylic oxidation sites excluding steroid dienone is 11. The fourth-order valence-corrected chi connectivity index (χ4v) is 9.79. The third kappa shape index (κ3) is 64.1. The van der Waals surface area contributed by atoms with Crippen LogP contribution in [0.4, 0.5) is 0 Å². The van der Waals surface area contributed by atoms with Crippen molar-refractivity contribution in [1.82, 2.24) is 0 Å². The highest BCUT2D eigenvalue weighted by molar-refractivity contribution is 5.72. The maximum absolute atomic E-state index is 12.8. The van der Waals surface area contributed by atoms with Crippen LogP contribution in [0.5, 0.6) is 0 Å². The van der Waals surface area contributed by atoms with E-state index in [1.807, 2.05) is 33.3 Å². The van der Waals surface area contributed by atoms with Crippen molar-refractivity contribution in [2.24, 2.45) is 0 Å². The Kier molecular flexibility index (Phi) is 60.2. The zero-order valence-electron chi connectivity index (χ0n) is 53.7. The molecule has 9 nitrogen and oxygen atoms in total. The van der Waals surface area contributed by atoms with Crippen LogP contribution in [0, 0.1) is 0 Å². The number of unbranched alkanes of at least 4 members (excludes halogenated alkanes) is 37. The molecule has 0 saturated carbocycles. The SMILES string of the molecule is CC/C=C\C/C=C\C/C=C\C/C=C\C/C=C\CC(=O)OC(COC(=O)CCCCCCCCCCCCCCCCCCCCCCCCCCCCCCC/C=C\CCCCCCCCCC)COC(OCC[N+](C)(C)C)C(=O)O. The molecule has 0 rings (SSSR count). The van der Waals surface area contributed by atoms with Crippen LogP contribution < -0.4 is 0 Å². The van der Waals surface area contributed by atoms with Gasteiger partial charge >= 0.3 is 17.9 Å². The van der Waals surface area contributed by atoms with E-state index in [0.29, 0.717) is 17.4 Å². The Morgan fingerprint density at radius 2 is 0.741 bits per heavy atom. The number of likely N-dealkylation sites (N-methyl/N-ethyl adjacent to an activating group) is 1. The van der Waals surface area contributed by atoms with Gasteiger partial charge < -0.3 is 28.5 Å². The van der Waals surface area contributed by atoms with Gasteiger partial charge in [-0.1, -0.05) is 305 Å². The van der Waals surface area contributed by atoms with Crippen molar-refractivity contribution in [3.05, 3.63) is 72.9 Å². The molecule has 81 heavy (non-hydrogen) atoms. The van der Waals surface area contributed by atoms with Crippen LogP contribution in [0.15, 0.2) is 72.9 Å². The van der Waals surface area contributed by atoms with Gasteiger partial charge in [-0.25, -0.2) is 4.79 Å². The maximum atomic E-state index is 12.8. The van der Waals surface area contributed by atoms with Crippen LogP contribution in [0.3, 0.4) is 0 Å². The number of hydrogen-bond acceptors (Lipinski definition) is 7. The number of carbonyl (C=O) groups excluding carboxylic acids is 2. The number of carboxylic acids is 1. The van der Waals surface area contributed by atoms with Crippen molar-refractivity contribution in [2.75, 3.05) is 47.5 Å². The molecule has 0 aliphatic heterocycles. The van der Waals surface area contributed by atoms with Crippen molar-refractivity contribution in [3.8, 4) is 0 Å². The van der Waals surface area contributed by atoms with Gasteiger partial charge in [-0.2, -0.15) is 0 Å². The minimum absolute atomic E-state index is 0.0273. The van der Waals surface area contributed by atoms with Gasteiger partial charge in [-0.3, -0.25) is 9.59 Å². The average Bonchev–Trinajstić information content (AvgIpc) is 3.44. The highest BCUT2D eigenvalue weighted by Gasteiger charge is 2.25. The Morgan fingerprint density at radius 3 is 1.10 bits per heavy atom. The molecule has 0 saturated heterocycles. The Bertz CT molecular complexity index is 1560. The fraction of sp³-hybridized carbons (Fsp3) is 0.792. The maximum Gasteiger partial charge on any atom is 0.361 e. The standard InChI is InChI=1S/C72H129NO8/c1-6-8-10-12-14-16-18-20-22-23-24-25-26-27-28-29-30-31-32-33-34-35-36-37-38-39-40-41-42-43-44-45-46-47-49-50-52-54-56-58-60-62-69(74)79-66-68(67-80-72(71(76)77)78-65-64-73(3,4)5)81-70(75)63-61-59-57-55-53-51-48-21-19-17-15-13-11-9-7-2/h9,11,15,17,21,23-24,48,53,55,59,61,68,72H,6-8,10,12-14,16,18-20,22,25-47,49-52,54,56-58,60,62-67H2,1-5H3/p+1/b11-9-,17-15-,24-23-,48-21-,55-53-,61-59-. The zero-order valence-corrected chi connectivity index (χ0v) is 53.7. The van der Waals surface area contributed by atoms with Gasteiger partial charge in [0.2, 0.25) is 0 Å². The van der Waals surface area contributed by atoms with Crippen LogP contribution in [0.1, 0.15) is 309 Å². The summed E-state index contributed by atoms with van der Waals surface area (Å²) in [5.74, 6) is -2.16. The van der Waals surface area contributed by atoms with Crippen LogP contribution in [-0.2, 0) is 33.3 Å². The molecule has 0 aliphatic rings. The molecule has 0 spiro atoms. The molecule has 2 unspecified atom stereocenters. The molecule has 0 aromatic carbocycles. The van der Waals surface area contributed by atoms with E-state index >= 15 is 0 Å². The van der Waals surface area contributed by atoms with Gasteiger partial charge in [-0.05, 0) is 64.2 Å². The first-order chi connectivity index (χ1) is 39.6. The second kappa shape index (κ2) is 62.8. The molecule has 0 aromatic heterocycles. The molecule has 0 amide bonds. The fourth-order valence-electron chi connectivity index (χ4n) is 9.79. The summed E-state index contributed by atoms with van der Waals surface area (Å²) in [5.41, 5.74) is 0. The van der Waals surface area contributed by atoms with E-state index in [9.17, 15) is 19.5 Å². The van der Waals surface area contributed by atoms with Gasteiger partial charge in [0.15, 0.2) is 6.10 Å². The molecule has 0 aromatic rings. The Balaban J connectivity index is 3.92. The van der Waals surface area contributed by atoms with Crippen molar-refractivity contribution < 1.29 is 42.9 Å². The summed E-state index contributed by atoms with van der Waals surface area (Å²) in [6, 6.07) is 0.